The van der Waals surface area contributed by atoms with E-state index < -0.39 is 16.1 Å². The first-order chi connectivity index (χ1) is 12.0. The van der Waals surface area contributed by atoms with Crippen LogP contribution in [0.2, 0.25) is 0 Å². The number of hydrogen-bond acceptors (Lipinski definition) is 5. The molecule has 3 aromatic rings. The lowest BCUT2D eigenvalue weighted by Crippen LogP contribution is -2.19. The second-order valence-corrected chi connectivity index (χ2v) is 9.13. The lowest BCUT2D eigenvalue weighted by molar-refractivity contribution is 0.228. The number of sulfonamides is 1. The van der Waals surface area contributed by atoms with E-state index in [2.05, 4.69) is 4.72 Å². The van der Waals surface area contributed by atoms with Crippen molar-refractivity contribution in [2.24, 2.45) is 0 Å². The molecule has 7 heteroatoms. The van der Waals surface area contributed by atoms with Gasteiger partial charge >= 0.3 is 0 Å². The molecule has 0 amide bonds. The van der Waals surface area contributed by atoms with Gasteiger partial charge in [-0.2, -0.15) is 0 Å². The summed E-state index contributed by atoms with van der Waals surface area (Å²) in [6.45, 7) is 0.198. The lowest BCUT2D eigenvalue weighted by Gasteiger charge is -2.05. The van der Waals surface area contributed by atoms with Crippen LogP contribution in [0.25, 0.3) is 6.08 Å². The van der Waals surface area contributed by atoms with E-state index in [9.17, 15) is 13.5 Å². The number of hydrogen-bond donors (Lipinski definition) is 2. The van der Waals surface area contributed by atoms with Crippen molar-refractivity contribution in [3.05, 3.63) is 85.6 Å². The number of aliphatic hydroxyl groups is 1. The zero-order chi connectivity index (χ0) is 17.7. The van der Waals surface area contributed by atoms with Gasteiger partial charge in [0.25, 0.3) is 0 Å². The van der Waals surface area contributed by atoms with Gasteiger partial charge in [0, 0.05) is 26.6 Å². The van der Waals surface area contributed by atoms with Crippen molar-refractivity contribution in [1.29, 1.82) is 0 Å². The van der Waals surface area contributed by atoms with Crippen LogP contribution in [-0.2, 0) is 16.6 Å². The summed E-state index contributed by atoms with van der Waals surface area (Å²) in [7, 11) is -3.52. The summed E-state index contributed by atoms with van der Waals surface area (Å²) >= 11 is 2.89. The Hall–Kier alpha value is -1.77. The number of nitrogens with one attached hydrogen (secondary N) is 1. The predicted octanol–water partition coefficient (Wildman–Crippen LogP) is 3.98. The number of benzene rings is 1. The van der Waals surface area contributed by atoms with E-state index in [1.165, 1.54) is 22.7 Å². The fourth-order valence-corrected chi connectivity index (χ4v) is 4.82. The molecule has 0 fully saturated rings. The van der Waals surface area contributed by atoms with Crippen LogP contribution in [-0.4, -0.2) is 13.5 Å². The Bertz CT molecular complexity index is 929. The molecule has 3 rings (SSSR count). The van der Waals surface area contributed by atoms with Crippen LogP contribution in [0.5, 0.6) is 0 Å². The average Bonchev–Trinajstić information content (AvgIpc) is 3.31. The second-order valence-electron chi connectivity index (χ2n) is 5.30. The zero-order valence-electron chi connectivity index (χ0n) is 13.2. The Labute approximate surface area is 155 Å². The van der Waals surface area contributed by atoms with Crippen molar-refractivity contribution in [2.75, 3.05) is 0 Å². The van der Waals surface area contributed by atoms with Gasteiger partial charge in [0.05, 0.1) is 0 Å². The van der Waals surface area contributed by atoms with Crippen molar-refractivity contribution < 1.29 is 13.5 Å². The molecular weight excluding hydrogens is 374 g/mol. The van der Waals surface area contributed by atoms with E-state index in [1.54, 1.807) is 6.08 Å². The Kier molecular flexibility index (Phi) is 5.82. The number of aliphatic hydroxyl groups excluding tert-OH is 1. The van der Waals surface area contributed by atoms with Crippen molar-refractivity contribution in [3.8, 4) is 0 Å². The summed E-state index contributed by atoms with van der Waals surface area (Å²) in [6.07, 6.45) is 0.899. The molecule has 0 aliphatic carbocycles. The maximum atomic E-state index is 12.1. The molecule has 0 saturated heterocycles. The fraction of sp³-hybridized carbons (Fsp3) is 0.111. The summed E-state index contributed by atoms with van der Waals surface area (Å²) in [6, 6.07) is 16.7. The third kappa shape index (κ3) is 5.10. The van der Waals surface area contributed by atoms with Crippen LogP contribution in [0.4, 0.5) is 0 Å². The summed E-state index contributed by atoms with van der Waals surface area (Å²) in [5, 5.41) is 13.4. The third-order valence-electron chi connectivity index (χ3n) is 3.45. The minimum Gasteiger partial charge on any atom is -0.382 e. The highest BCUT2D eigenvalue weighted by Gasteiger charge is 2.14. The van der Waals surface area contributed by atoms with Gasteiger partial charge in [-0.15, -0.1) is 22.7 Å². The smallest absolute Gasteiger partial charge is 0.234 e. The van der Waals surface area contributed by atoms with Gasteiger partial charge in [0.1, 0.15) is 6.10 Å². The van der Waals surface area contributed by atoms with Crippen molar-refractivity contribution >= 4 is 38.8 Å². The standard InChI is InChI=1S/C18H17NO3S3/c20-18(16-7-4-11-23-16)17-9-8-15(24-17)13-19-25(21,22)12-10-14-5-2-1-3-6-14/h1-12,18-20H,13H2/b12-10+/t18-/m0/s1. The summed E-state index contributed by atoms with van der Waals surface area (Å²) in [4.78, 5) is 2.53. The fourth-order valence-electron chi connectivity index (χ4n) is 2.18. The van der Waals surface area contributed by atoms with Crippen LogP contribution in [0.15, 0.2) is 65.4 Å². The van der Waals surface area contributed by atoms with Gasteiger partial charge in [-0.25, -0.2) is 13.1 Å². The predicted molar refractivity (Wildman–Crippen MR) is 104 cm³/mol. The highest BCUT2D eigenvalue weighted by atomic mass is 32.2. The van der Waals surface area contributed by atoms with Gasteiger partial charge in [-0.05, 0) is 35.2 Å². The summed E-state index contributed by atoms with van der Waals surface area (Å²) < 4.78 is 26.7. The molecule has 0 aliphatic rings. The van der Waals surface area contributed by atoms with E-state index in [0.29, 0.717) is 0 Å². The Morgan fingerprint density at radius 1 is 1.04 bits per heavy atom. The topological polar surface area (TPSA) is 66.4 Å². The summed E-state index contributed by atoms with van der Waals surface area (Å²) in [5.74, 6) is 0. The minimum atomic E-state index is -3.52. The Morgan fingerprint density at radius 2 is 1.84 bits per heavy atom. The molecule has 0 saturated carbocycles. The molecule has 2 N–H and O–H groups in total. The molecule has 0 unspecified atom stereocenters. The molecule has 0 aliphatic heterocycles. The zero-order valence-corrected chi connectivity index (χ0v) is 15.7. The van der Waals surface area contributed by atoms with Gasteiger partial charge < -0.3 is 5.11 Å². The summed E-state index contributed by atoms with van der Waals surface area (Å²) in [5.41, 5.74) is 0.824. The van der Waals surface area contributed by atoms with Crippen LogP contribution >= 0.6 is 22.7 Å². The quantitative estimate of drug-likeness (QED) is 0.640. The van der Waals surface area contributed by atoms with Crippen LogP contribution in [0.3, 0.4) is 0 Å². The SMILES string of the molecule is O=S(=O)(/C=C/c1ccccc1)NCc1ccc([C@@H](O)c2cccs2)s1. The van der Waals surface area contributed by atoms with E-state index in [4.69, 9.17) is 0 Å². The molecule has 2 heterocycles. The molecule has 1 aromatic carbocycles. The average molecular weight is 392 g/mol. The molecule has 1 atom stereocenters. The first kappa shape index (κ1) is 18.0. The molecule has 0 spiro atoms. The van der Waals surface area contributed by atoms with Crippen molar-refractivity contribution in [1.82, 2.24) is 4.72 Å². The van der Waals surface area contributed by atoms with E-state index in [1.807, 2.05) is 60.0 Å². The lowest BCUT2D eigenvalue weighted by atomic mass is 10.2. The van der Waals surface area contributed by atoms with Gasteiger partial charge in [0.15, 0.2) is 0 Å². The maximum Gasteiger partial charge on any atom is 0.234 e. The largest absolute Gasteiger partial charge is 0.382 e. The molecule has 25 heavy (non-hydrogen) atoms. The van der Waals surface area contributed by atoms with Gasteiger partial charge in [-0.1, -0.05) is 36.4 Å². The Morgan fingerprint density at radius 3 is 2.56 bits per heavy atom. The molecule has 0 radical (unpaired) electrons. The molecule has 2 aromatic heterocycles. The van der Waals surface area contributed by atoms with Crippen molar-refractivity contribution in [2.45, 2.75) is 12.6 Å². The normalized spacial score (nSPS) is 13.3. The number of thiophene rings is 2. The van der Waals surface area contributed by atoms with E-state index in [0.717, 1.165) is 25.6 Å². The van der Waals surface area contributed by atoms with Gasteiger partial charge in [0.2, 0.25) is 10.0 Å². The third-order valence-corrected chi connectivity index (χ3v) is 6.55. The first-order valence-corrected chi connectivity index (χ1v) is 10.8. The van der Waals surface area contributed by atoms with Gasteiger partial charge in [-0.3, -0.25) is 0 Å². The monoisotopic (exact) mass is 391 g/mol. The number of rotatable bonds is 7. The molecule has 130 valence electrons. The van der Waals surface area contributed by atoms with Crippen LogP contribution < -0.4 is 4.72 Å². The first-order valence-electron chi connectivity index (χ1n) is 7.56. The second kappa shape index (κ2) is 8.07. The molecule has 4 nitrogen and oxygen atoms in total. The Balaban J connectivity index is 1.61. The maximum absolute atomic E-state index is 12.1. The minimum absolute atomic E-state index is 0.198. The van der Waals surface area contributed by atoms with Crippen LogP contribution in [0, 0.1) is 0 Å². The van der Waals surface area contributed by atoms with E-state index >= 15 is 0 Å². The van der Waals surface area contributed by atoms with Crippen LogP contribution in [0.1, 0.15) is 26.3 Å². The van der Waals surface area contributed by atoms with E-state index in [-0.39, 0.29) is 6.54 Å². The highest BCUT2D eigenvalue weighted by molar-refractivity contribution is 7.92. The highest BCUT2D eigenvalue weighted by Crippen LogP contribution is 2.30. The molecular formula is C18H17NO3S3. The molecule has 0 bridgehead atoms. The van der Waals surface area contributed by atoms with Crippen molar-refractivity contribution in [3.63, 3.8) is 0 Å².